The Kier molecular flexibility index (Phi) is 3.95. The molecule has 0 saturated carbocycles. The van der Waals surface area contributed by atoms with Gasteiger partial charge in [0.05, 0.1) is 0 Å². The highest BCUT2D eigenvalue weighted by molar-refractivity contribution is 6.02. The summed E-state index contributed by atoms with van der Waals surface area (Å²) in [7, 11) is 0. The monoisotopic (exact) mass is 272 g/mol. The van der Waals surface area contributed by atoms with Crippen molar-refractivity contribution in [1.82, 2.24) is 4.98 Å². The number of pyridine rings is 1. The first kappa shape index (κ1) is 13.5. The number of hydrogen-bond acceptors (Lipinski definition) is 4. The third-order valence-electron chi connectivity index (χ3n) is 2.41. The quantitative estimate of drug-likeness (QED) is 0.833. The van der Waals surface area contributed by atoms with Crippen molar-refractivity contribution in [2.75, 3.05) is 5.32 Å². The van der Waals surface area contributed by atoms with E-state index < -0.39 is 5.97 Å². The number of anilines is 1. The van der Waals surface area contributed by atoms with E-state index in [0.29, 0.717) is 11.4 Å². The van der Waals surface area contributed by atoms with E-state index in [0.717, 1.165) is 5.76 Å². The topological polar surface area (TPSA) is 92.4 Å². The number of carbonyl (C=O) groups is 2. The van der Waals surface area contributed by atoms with Gasteiger partial charge in [-0.05, 0) is 37.3 Å². The Morgan fingerprint density at radius 3 is 2.80 bits per heavy atom. The summed E-state index contributed by atoms with van der Waals surface area (Å²) in [5, 5.41) is 11.3. The fourth-order valence-electron chi connectivity index (χ4n) is 1.51. The van der Waals surface area contributed by atoms with Gasteiger partial charge in [0.15, 0.2) is 0 Å². The number of aryl methyl sites for hydroxylation is 1. The molecule has 6 heteroatoms. The maximum atomic E-state index is 11.7. The van der Waals surface area contributed by atoms with Gasteiger partial charge in [-0.1, -0.05) is 0 Å². The number of carboxylic acid groups (broad SMARTS) is 1. The van der Waals surface area contributed by atoms with Gasteiger partial charge in [0, 0.05) is 18.0 Å². The van der Waals surface area contributed by atoms with E-state index >= 15 is 0 Å². The van der Waals surface area contributed by atoms with E-state index in [1.54, 1.807) is 12.1 Å². The largest absolute Gasteiger partial charge is 0.477 e. The SMILES string of the molecule is Cc1ccc(C=CC(=O)Nc2ccnc(C(=O)O)c2)o1. The van der Waals surface area contributed by atoms with Gasteiger partial charge in [0.1, 0.15) is 17.2 Å². The van der Waals surface area contributed by atoms with Gasteiger partial charge in [0.2, 0.25) is 5.91 Å². The summed E-state index contributed by atoms with van der Waals surface area (Å²) >= 11 is 0. The number of carbonyl (C=O) groups excluding carboxylic acids is 1. The number of aromatic nitrogens is 1. The third kappa shape index (κ3) is 3.55. The van der Waals surface area contributed by atoms with E-state index in [9.17, 15) is 9.59 Å². The lowest BCUT2D eigenvalue weighted by Gasteiger charge is -2.02. The summed E-state index contributed by atoms with van der Waals surface area (Å²) < 4.78 is 5.28. The van der Waals surface area contributed by atoms with Crippen LogP contribution in [0.5, 0.6) is 0 Å². The molecule has 2 aromatic rings. The Morgan fingerprint density at radius 2 is 2.15 bits per heavy atom. The summed E-state index contributed by atoms with van der Waals surface area (Å²) in [6.45, 7) is 1.81. The van der Waals surface area contributed by atoms with Gasteiger partial charge in [0.25, 0.3) is 0 Å². The Hall–Kier alpha value is -2.89. The lowest BCUT2D eigenvalue weighted by atomic mass is 10.3. The standard InChI is InChI=1S/C14H12N2O4/c1-9-2-3-11(20-9)4-5-13(17)16-10-6-7-15-12(8-10)14(18)19/h2-8H,1H3,(H,18,19)(H,15,16,17). The van der Waals surface area contributed by atoms with Crippen LogP contribution in [0.25, 0.3) is 6.08 Å². The molecule has 0 aliphatic heterocycles. The zero-order valence-electron chi connectivity index (χ0n) is 10.7. The molecule has 0 aromatic carbocycles. The van der Waals surface area contributed by atoms with Crippen LogP contribution in [0.2, 0.25) is 0 Å². The lowest BCUT2D eigenvalue weighted by Crippen LogP contribution is -2.09. The molecule has 2 rings (SSSR count). The van der Waals surface area contributed by atoms with Crippen LogP contribution in [-0.4, -0.2) is 22.0 Å². The molecule has 0 radical (unpaired) electrons. The zero-order chi connectivity index (χ0) is 14.5. The van der Waals surface area contributed by atoms with E-state index in [1.807, 2.05) is 6.92 Å². The van der Waals surface area contributed by atoms with E-state index in [-0.39, 0.29) is 11.6 Å². The minimum absolute atomic E-state index is 0.131. The van der Waals surface area contributed by atoms with Crippen LogP contribution < -0.4 is 5.32 Å². The summed E-state index contributed by atoms with van der Waals surface area (Å²) in [5.74, 6) is -0.215. The lowest BCUT2D eigenvalue weighted by molar-refractivity contribution is -0.111. The number of amides is 1. The fourth-order valence-corrected chi connectivity index (χ4v) is 1.51. The number of hydrogen-bond donors (Lipinski definition) is 2. The van der Waals surface area contributed by atoms with E-state index in [4.69, 9.17) is 9.52 Å². The molecule has 2 N–H and O–H groups in total. The molecule has 0 fully saturated rings. The molecule has 2 aromatic heterocycles. The Bertz CT molecular complexity index is 673. The molecule has 6 nitrogen and oxygen atoms in total. The van der Waals surface area contributed by atoms with Crippen molar-refractivity contribution in [1.29, 1.82) is 0 Å². The molecule has 0 aliphatic carbocycles. The predicted molar refractivity (Wildman–Crippen MR) is 72.3 cm³/mol. The van der Waals surface area contributed by atoms with Crippen molar-refractivity contribution in [2.24, 2.45) is 0 Å². The Balaban J connectivity index is 2.02. The maximum absolute atomic E-state index is 11.7. The molecule has 0 saturated heterocycles. The molecule has 0 atom stereocenters. The van der Waals surface area contributed by atoms with Crippen LogP contribution in [0.15, 0.2) is 41.0 Å². The van der Waals surface area contributed by atoms with Crippen LogP contribution in [-0.2, 0) is 4.79 Å². The number of carboxylic acids is 1. The number of nitrogens with one attached hydrogen (secondary N) is 1. The zero-order valence-corrected chi connectivity index (χ0v) is 10.7. The second-order valence-corrected chi connectivity index (χ2v) is 4.01. The molecule has 0 aliphatic rings. The van der Waals surface area contributed by atoms with Crippen molar-refractivity contribution >= 4 is 23.6 Å². The minimum atomic E-state index is -1.15. The second-order valence-electron chi connectivity index (χ2n) is 4.01. The number of nitrogens with zero attached hydrogens (tertiary/aromatic N) is 1. The van der Waals surface area contributed by atoms with Crippen LogP contribution in [0.3, 0.4) is 0 Å². The highest BCUT2D eigenvalue weighted by Gasteiger charge is 2.06. The van der Waals surface area contributed by atoms with E-state index in [2.05, 4.69) is 10.3 Å². The van der Waals surface area contributed by atoms with Gasteiger partial charge in [-0.15, -0.1) is 0 Å². The summed E-state index contributed by atoms with van der Waals surface area (Å²) in [6, 6.07) is 6.33. The molecule has 102 valence electrons. The highest BCUT2D eigenvalue weighted by atomic mass is 16.4. The molecular weight excluding hydrogens is 260 g/mol. The first-order valence-electron chi connectivity index (χ1n) is 5.79. The van der Waals surface area contributed by atoms with Crippen molar-refractivity contribution in [3.63, 3.8) is 0 Å². The first-order chi connectivity index (χ1) is 9.54. The van der Waals surface area contributed by atoms with Crippen molar-refractivity contribution in [3.8, 4) is 0 Å². The van der Waals surface area contributed by atoms with Crippen LogP contribution in [0.4, 0.5) is 5.69 Å². The smallest absolute Gasteiger partial charge is 0.354 e. The van der Waals surface area contributed by atoms with Gasteiger partial charge >= 0.3 is 5.97 Å². The number of rotatable bonds is 4. The first-order valence-corrected chi connectivity index (χ1v) is 5.79. The van der Waals surface area contributed by atoms with Crippen molar-refractivity contribution in [3.05, 3.63) is 53.8 Å². The Labute approximate surface area is 114 Å². The Morgan fingerprint density at radius 1 is 1.35 bits per heavy atom. The number of furan rings is 1. The molecular formula is C14H12N2O4. The highest BCUT2D eigenvalue weighted by Crippen LogP contribution is 2.10. The molecule has 2 heterocycles. The third-order valence-corrected chi connectivity index (χ3v) is 2.41. The summed E-state index contributed by atoms with van der Waals surface area (Å²) in [5.41, 5.74) is 0.233. The van der Waals surface area contributed by atoms with Gasteiger partial charge < -0.3 is 14.8 Å². The van der Waals surface area contributed by atoms with Gasteiger partial charge in [-0.2, -0.15) is 0 Å². The summed E-state index contributed by atoms with van der Waals surface area (Å²) in [6.07, 6.45) is 4.15. The molecule has 1 amide bonds. The normalized spacial score (nSPS) is 10.7. The maximum Gasteiger partial charge on any atom is 0.354 e. The van der Waals surface area contributed by atoms with E-state index in [1.165, 1.54) is 30.5 Å². The van der Waals surface area contributed by atoms with Crippen molar-refractivity contribution < 1.29 is 19.1 Å². The average Bonchev–Trinajstić information content (AvgIpc) is 2.82. The molecule has 0 spiro atoms. The fraction of sp³-hybridized carbons (Fsp3) is 0.0714. The predicted octanol–water partition coefficient (Wildman–Crippen LogP) is 2.33. The molecule has 0 unspecified atom stereocenters. The molecule has 20 heavy (non-hydrogen) atoms. The minimum Gasteiger partial charge on any atom is -0.477 e. The molecule has 0 bridgehead atoms. The van der Waals surface area contributed by atoms with Crippen molar-refractivity contribution in [2.45, 2.75) is 6.92 Å². The number of aromatic carboxylic acids is 1. The van der Waals surface area contributed by atoms with Gasteiger partial charge in [-0.25, -0.2) is 9.78 Å². The average molecular weight is 272 g/mol. The van der Waals surface area contributed by atoms with Gasteiger partial charge in [-0.3, -0.25) is 4.79 Å². The van der Waals surface area contributed by atoms with Crippen LogP contribution >= 0.6 is 0 Å². The summed E-state index contributed by atoms with van der Waals surface area (Å²) in [4.78, 5) is 26.1. The van der Waals surface area contributed by atoms with Crippen LogP contribution in [0, 0.1) is 6.92 Å². The van der Waals surface area contributed by atoms with Crippen LogP contribution in [0.1, 0.15) is 22.0 Å². The second kappa shape index (κ2) is 5.83.